The number of fused-ring (bicyclic) bond motifs is 1. The average Bonchev–Trinajstić information content (AvgIpc) is 2.82. The molecule has 0 radical (unpaired) electrons. The lowest BCUT2D eigenvalue weighted by atomic mass is 9.97. The Hall–Kier alpha value is -2.19. The van der Waals surface area contributed by atoms with Crippen LogP contribution in [-0.4, -0.2) is 48.1 Å². The van der Waals surface area contributed by atoms with Crippen LogP contribution in [0.4, 0.5) is 10.5 Å². The summed E-state index contributed by atoms with van der Waals surface area (Å²) in [5.41, 5.74) is 1.29. The van der Waals surface area contributed by atoms with Crippen LogP contribution < -0.4 is 5.32 Å². The SMILES string of the molecule is CC.CC(C)CCN(C)C(=O)c1cccc2c(NC(=O)OCC(C)(C)SS)ccc(C=O)c12. The summed E-state index contributed by atoms with van der Waals surface area (Å²) in [6, 6.07) is 8.47. The van der Waals surface area contributed by atoms with Crippen molar-refractivity contribution in [2.24, 2.45) is 5.92 Å². The molecule has 33 heavy (non-hydrogen) atoms. The van der Waals surface area contributed by atoms with Crippen LogP contribution in [0.5, 0.6) is 0 Å². The highest BCUT2D eigenvalue weighted by Crippen LogP contribution is 2.31. The minimum atomic E-state index is -0.610. The summed E-state index contributed by atoms with van der Waals surface area (Å²) >= 11 is 4.18. The molecule has 0 atom stereocenters. The molecule has 0 aliphatic carbocycles. The molecule has 2 rings (SSSR count). The lowest BCUT2D eigenvalue weighted by Gasteiger charge is -2.21. The van der Waals surface area contributed by atoms with E-state index in [2.05, 4.69) is 30.8 Å². The Morgan fingerprint density at radius 1 is 1.21 bits per heavy atom. The first-order valence-corrected chi connectivity index (χ1v) is 13.0. The van der Waals surface area contributed by atoms with Crippen molar-refractivity contribution >= 4 is 57.2 Å². The zero-order valence-electron chi connectivity index (χ0n) is 20.6. The average molecular weight is 493 g/mol. The van der Waals surface area contributed by atoms with E-state index in [1.54, 1.807) is 42.3 Å². The Labute approximate surface area is 206 Å². The molecule has 6 nitrogen and oxygen atoms in total. The van der Waals surface area contributed by atoms with Crippen LogP contribution >= 0.6 is 22.5 Å². The van der Waals surface area contributed by atoms with Gasteiger partial charge in [0.1, 0.15) is 6.61 Å². The molecule has 2 aromatic rings. The number of carbonyl (C=O) groups excluding carboxylic acids is 3. The van der Waals surface area contributed by atoms with Crippen LogP contribution in [0.1, 0.15) is 68.7 Å². The molecule has 0 unspecified atom stereocenters. The van der Waals surface area contributed by atoms with Crippen molar-refractivity contribution in [1.82, 2.24) is 4.90 Å². The van der Waals surface area contributed by atoms with Crippen LogP contribution in [0.2, 0.25) is 0 Å². The summed E-state index contributed by atoms with van der Waals surface area (Å²) in [7, 11) is 3.06. The predicted octanol–water partition coefficient (Wildman–Crippen LogP) is 6.70. The van der Waals surface area contributed by atoms with Crippen molar-refractivity contribution in [1.29, 1.82) is 0 Å². The van der Waals surface area contributed by atoms with Crippen LogP contribution in [0.15, 0.2) is 30.3 Å². The third kappa shape index (κ3) is 8.27. The number of amides is 2. The van der Waals surface area contributed by atoms with Crippen molar-refractivity contribution in [2.45, 2.75) is 52.7 Å². The minimum Gasteiger partial charge on any atom is -0.448 e. The van der Waals surface area contributed by atoms with Gasteiger partial charge in [0.25, 0.3) is 5.91 Å². The van der Waals surface area contributed by atoms with E-state index in [-0.39, 0.29) is 17.3 Å². The number of hydrogen-bond acceptors (Lipinski definition) is 6. The third-order valence-corrected chi connectivity index (χ3v) is 6.95. The second-order valence-corrected chi connectivity index (χ2v) is 10.3. The van der Waals surface area contributed by atoms with Gasteiger partial charge in [-0.25, -0.2) is 4.79 Å². The van der Waals surface area contributed by atoms with Crippen LogP contribution in [0.3, 0.4) is 0 Å². The molecule has 8 heteroatoms. The molecule has 0 saturated heterocycles. The molecule has 0 bridgehead atoms. The first-order valence-electron chi connectivity index (χ1n) is 11.1. The van der Waals surface area contributed by atoms with Gasteiger partial charge in [-0.2, -0.15) is 0 Å². The largest absolute Gasteiger partial charge is 0.448 e. The number of ether oxygens (including phenoxy) is 1. The van der Waals surface area contributed by atoms with E-state index < -0.39 is 6.09 Å². The maximum Gasteiger partial charge on any atom is 0.411 e. The molecule has 0 fully saturated rings. The topological polar surface area (TPSA) is 75.7 Å². The normalized spacial score (nSPS) is 10.9. The number of nitrogens with one attached hydrogen (secondary N) is 1. The number of aldehydes is 1. The standard InChI is InChI=1S/C23H30N2O4S2.C2H6/c1-15(2)11-12-25(5)21(27)18-8-6-7-17-19(10-9-16(13-26)20(17)18)24-22(28)29-14-23(3,4)31-30;1-2/h6-10,13,15,30H,11-12,14H2,1-5H3,(H,24,28);1-2H3. The molecule has 0 heterocycles. The minimum absolute atomic E-state index is 0.165. The molecular weight excluding hydrogens is 456 g/mol. The molecular formula is C25H36N2O4S2. The molecule has 2 aromatic carbocycles. The van der Waals surface area contributed by atoms with Crippen molar-refractivity contribution in [3.63, 3.8) is 0 Å². The van der Waals surface area contributed by atoms with Gasteiger partial charge in [-0.1, -0.05) is 50.6 Å². The summed E-state index contributed by atoms with van der Waals surface area (Å²) in [5.74, 6) is 0.308. The lowest BCUT2D eigenvalue weighted by Crippen LogP contribution is -2.29. The Kier molecular flexibility index (Phi) is 11.8. The molecule has 0 aliphatic heterocycles. The maximum absolute atomic E-state index is 13.1. The van der Waals surface area contributed by atoms with E-state index in [0.29, 0.717) is 40.0 Å². The fraction of sp³-hybridized carbons (Fsp3) is 0.480. The first-order chi connectivity index (χ1) is 15.6. The second-order valence-electron chi connectivity index (χ2n) is 8.51. The van der Waals surface area contributed by atoms with E-state index in [4.69, 9.17) is 4.74 Å². The molecule has 2 amide bonds. The fourth-order valence-electron chi connectivity index (χ4n) is 2.99. The van der Waals surface area contributed by atoms with Gasteiger partial charge in [-0.3, -0.25) is 14.9 Å². The van der Waals surface area contributed by atoms with Gasteiger partial charge in [0.05, 0.1) is 10.4 Å². The number of anilines is 1. The predicted molar refractivity (Wildman–Crippen MR) is 143 cm³/mol. The number of rotatable bonds is 9. The van der Waals surface area contributed by atoms with Crippen molar-refractivity contribution in [3.8, 4) is 0 Å². The van der Waals surface area contributed by atoms with E-state index >= 15 is 0 Å². The highest BCUT2D eigenvalue weighted by atomic mass is 33.1. The van der Waals surface area contributed by atoms with Gasteiger partial charge in [0.2, 0.25) is 0 Å². The number of carbonyl (C=O) groups is 3. The number of benzene rings is 2. The fourth-order valence-corrected chi connectivity index (χ4v) is 3.26. The molecule has 0 aromatic heterocycles. The van der Waals surface area contributed by atoms with Crippen molar-refractivity contribution < 1.29 is 19.1 Å². The summed E-state index contributed by atoms with van der Waals surface area (Å²) in [6.45, 7) is 12.8. The Morgan fingerprint density at radius 2 is 1.88 bits per heavy atom. The summed E-state index contributed by atoms with van der Waals surface area (Å²) in [5, 5.41) is 3.85. The summed E-state index contributed by atoms with van der Waals surface area (Å²) in [6.07, 6.45) is 0.996. The number of nitrogens with zero attached hydrogens (tertiary/aromatic N) is 1. The molecule has 1 N–H and O–H groups in total. The van der Waals surface area contributed by atoms with Gasteiger partial charge in [-0.15, -0.1) is 11.7 Å². The monoisotopic (exact) mass is 492 g/mol. The number of hydrogen-bond donors (Lipinski definition) is 2. The van der Waals surface area contributed by atoms with Gasteiger partial charge >= 0.3 is 6.09 Å². The Morgan fingerprint density at radius 3 is 2.45 bits per heavy atom. The van der Waals surface area contributed by atoms with E-state index in [1.807, 2.05) is 27.7 Å². The van der Waals surface area contributed by atoms with E-state index in [0.717, 1.165) is 12.7 Å². The zero-order valence-corrected chi connectivity index (χ0v) is 22.3. The van der Waals surface area contributed by atoms with Gasteiger partial charge in [0.15, 0.2) is 6.29 Å². The highest BCUT2D eigenvalue weighted by Gasteiger charge is 2.21. The molecule has 0 saturated carbocycles. The maximum atomic E-state index is 13.1. The van der Waals surface area contributed by atoms with Gasteiger partial charge in [-0.05, 0) is 44.4 Å². The van der Waals surface area contributed by atoms with E-state index in [1.165, 1.54) is 10.8 Å². The summed E-state index contributed by atoms with van der Waals surface area (Å²) in [4.78, 5) is 38.8. The molecule has 0 spiro atoms. The first kappa shape index (κ1) is 28.8. The van der Waals surface area contributed by atoms with Gasteiger partial charge < -0.3 is 9.64 Å². The summed E-state index contributed by atoms with van der Waals surface area (Å²) < 4.78 is 4.98. The Bertz CT molecular complexity index is 961. The van der Waals surface area contributed by atoms with Crippen molar-refractivity contribution in [2.75, 3.05) is 25.5 Å². The van der Waals surface area contributed by atoms with Gasteiger partial charge in [0, 0.05) is 35.5 Å². The third-order valence-electron chi connectivity index (χ3n) is 4.85. The number of thiol groups is 1. The van der Waals surface area contributed by atoms with Crippen LogP contribution in [-0.2, 0) is 4.74 Å². The molecule has 0 aliphatic rings. The van der Waals surface area contributed by atoms with Crippen molar-refractivity contribution in [3.05, 3.63) is 41.5 Å². The Balaban J connectivity index is 0.00000265. The van der Waals surface area contributed by atoms with E-state index in [9.17, 15) is 14.4 Å². The van der Waals surface area contributed by atoms with Crippen LogP contribution in [0.25, 0.3) is 10.8 Å². The second kappa shape index (κ2) is 13.5. The highest BCUT2D eigenvalue weighted by molar-refractivity contribution is 8.69. The smallest absolute Gasteiger partial charge is 0.411 e. The molecule has 182 valence electrons. The quantitative estimate of drug-likeness (QED) is 0.231. The zero-order chi connectivity index (χ0) is 25.2. The van der Waals surface area contributed by atoms with Crippen LogP contribution in [0, 0.1) is 5.92 Å². The lowest BCUT2D eigenvalue weighted by molar-refractivity contribution is 0.0791.